The Morgan fingerprint density at radius 1 is 1.47 bits per heavy atom. The Labute approximate surface area is 99.9 Å². The van der Waals surface area contributed by atoms with Crippen molar-refractivity contribution in [3.05, 3.63) is 40.5 Å². The van der Waals surface area contributed by atoms with Crippen LogP contribution < -0.4 is 5.56 Å². The molecular formula is C10H7ClN4O2. The van der Waals surface area contributed by atoms with E-state index in [0.29, 0.717) is 17.3 Å². The van der Waals surface area contributed by atoms with Crippen molar-refractivity contribution in [2.24, 2.45) is 0 Å². The Balaban J connectivity index is 2.26. The fourth-order valence-electron chi connectivity index (χ4n) is 1.52. The summed E-state index contributed by atoms with van der Waals surface area (Å²) >= 11 is 5.64. The van der Waals surface area contributed by atoms with Gasteiger partial charge >= 0.3 is 0 Å². The standard InChI is InChI=1S/C10H7ClN4O2/c11-5-6-4-8(16)15-10(12-6)13-9(14-15)7-2-1-3-17-7/h1-4H,5H2,(H,12,13,14). The van der Waals surface area contributed by atoms with Gasteiger partial charge in [-0.15, -0.1) is 11.6 Å². The number of aromatic nitrogens is 4. The van der Waals surface area contributed by atoms with Crippen molar-refractivity contribution in [2.45, 2.75) is 5.88 Å². The van der Waals surface area contributed by atoms with Gasteiger partial charge in [-0.25, -0.2) is 4.98 Å². The summed E-state index contributed by atoms with van der Waals surface area (Å²) in [7, 11) is 0. The maximum atomic E-state index is 11.7. The first-order valence-electron chi connectivity index (χ1n) is 4.86. The molecular weight excluding hydrogens is 244 g/mol. The number of H-pyrrole nitrogens is 1. The van der Waals surface area contributed by atoms with Crippen LogP contribution in [0.3, 0.4) is 0 Å². The molecule has 0 saturated carbocycles. The lowest BCUT2D eigenvalue weighted by atomic mass is 10.4. The summed E-state index contributed by atoms with van der Waals surface area (Å²) in [5.74, 6) is 1.45. The number of furan rings is 1. The summed E-state index contributed by atoms with van der Waals surface area (Å²) in [6, 6.07) is 4.85. The quantitative estimate of drug-likeness (QED) is 0.698. The van der Waals surface area contributed by atoms with Crippen LogP contribution in [0, 0.1) is 0 Å². The third-order valence-electron chi connectivity index (χ3n) is 2.28. The second-order valence-corrected chi connectivity index (χ2v) is 3.67. The Kier molecular flexibility index (Phi) is 2.22. The summed E-state index contributed by atoms with van der Waals surface area (Å²) < 4.78 is 6.43. The lowest BCUT2D eigenvalue weighted by Gasteiger charge is -1.93. The number of rotatable bonds is 2. The maximum Gasteiger partial charge on any atom is 0.274 e. The molecule has 0 aliphatic carbocycles. The number of nitrogens with one attached hydrogen (secondary N) is 1. The van der Waals surface area contributed by atoms with Gasteiger partial charge in [-0.3, -0.25) is 9.89 Å². The Bertz CT molecular complexity index is 714. The first-order chi connectivity index (χ1) is 8.28. The number of hydrogen-bond acceptors (Lipinski definition) is 4. The van der Waals surface area contributed by atoms with Crippen molar-refractivity contribution >= 4 is 17.4 Å². The van der Waals surface area contributed by atoms with Gasteiger partial charge in [0, 0.05) is 6.07 Å². The van der Waals surface area contributed by atoms with Crippen molar-refractivity contribution < 1.29 is 4.42 Å². The van der Waals surface area contributed by atoms with E-state index in [1.165, 1.54) is 16.8 Å². The lowest BCUT2D eigenvalue weighted by Crippen LogP contribution is -2.15. The largest absolute Gasteiger partial charge is 0.461 e. The third kappa shape index (κ3) is 1.62. The Hall–Kier alpha value is -2.08. The second kappa shape index (κ2) is 3.74. The van der Waals surface area contributed by atoms with Crippen LogP contribution in [0.15, 0.2) is 33.7 Å². The molecule has 0 unspecified atom stereocenters. The highest BCUT2D eigenvalue weighted by atomic mass is 35.5. The molecule has 1 N–H and O–H groups in total. The molecule has 3 rings (SSSR count). The van der Waals surface area contributed by atoms with Crippen molar-refractivity contribution in [3.63, 3.8) is 0 Å². The zero-order valence-corrected chi connectivity index (χ0v) is 9.31. The number of aromatic amines is 1. The van der Waals surface area contributed by atoms with Gasteiger partial charge in [0.05, 0.1) is 17.8 Å². The normalized spacial score (nSPS) is 11.1. The van der Waals surface area contributed by atoms with Crippen LogP contribution >= 0.6 is 11.6 Å². The minimum atomic E-state index is -0.254. The van der Waals surface area contributed by atoms with Crippen LogP contribution in [0.1, 0.15) is 5.69 Å². The Morgan fingerprint density at radius 2 is 2.35 bits per heavy atom. The molecule has 0 saturated heterocycles. The summed E-state index contributed by atoms with van der Waals surface area (Å²) in [5, 5.41) is 2.81. The first-order valence-corrected chi connectivity index (χ1v) is 5.40. The molecule has 0 amide bonds. The van der Waals surface area contributed by atoms with Crippen molar-refractivity contribution in [2.75, 3.05) is 0 Å². The number of hydrogen-bond donors (Lipinski definition) is 1. The van der Waals surface area contributed by atoms with Gasteiger partial charge in [0.25, 0.3) is 11.3 Å². The van der Waals surface area contributed by atoms with Crippen LogP contribution in [0.5, 0.6) is 0 Å². The molecule has 86 valence electrons. The summed E-state index contributed by atoms with van der Waals surface area (Å²) in [6.45, 7) is 0. The molecule has 0 aromatic carbocycles. The molecule has 0 aliphatic heterocycles. The molecule has 3 aromatic rings. The second-order valence-electron chi connectivity index (χ2n) is 3.40. The molecule has 0 fully saturated rings. The van der Waals surface area contributed by atoms with E-state index >= 15 is 0 Å². The lowest BCUT2D eigenvalue weighted by molar-refractivity contribution is 0.577. The topological polar surface area (TPSA) is 76.2 Å². The summed E-state index contributed by atoms with van der Waals surface area (Å²) in [4.78, 5) is 20.0. The van der Waals surface area contributed by atoms with E-state index in [1.807, 2.05) is 0 Å². The van der Waals surface area contributed by atoms with Crippen molar-refractivity contribution in [3.8, 4) is 11.6 Å². The van der Waals surface area contributed by atoms with Crippen LogP contribution in [0.2, 0.25) is 0 Å². The van der Waals surface area contributed by atoms with Gasteiger partial charge < -0.3 is 4.42 Å². The fraction of sp³-hybridized carbons (Fsp3) is 0.100. The van der Waals surface area contributed by atoms with Gasteiger partial charge in [-0.2, -0.15) is 9.50 Å². The van der Waals surface area contributed by atoms with E-state index in [1.54, 1.807) is 12.1 Å². The average molecular weight is 251 g/mol. The molecule has 0 atom stereocenters. The maximum absolute atomic E-state index is 11.7. The van der Waals surface area contributed by atoms with Crippen LogP contribution in [-0.2, 0) is 5.88 Å². The van der Waals surface area contributed by atoms with E-state index in [9.17, 15) is 4.79 Å². The molecule has 6 nitrogen and oxygen atoms in total. The SMILES string of the molecule is O=c1cc(CCl)nc2nc(-c3ccco3)[nH]n12. The molecule has 3 heterocycles. The molecule has 7 heteroatoms. The molecule has 0 aliphatic rings. The first kappa shape index (κ1) is 10.1. The van der Waals surface area contributed by atoms with E-state index in [2.05, 4.69) is 15.1 Å². The highest BCUT2D eigenvalue weighted by Gasteiger charge is 2.10. The number of halogens is 1. The number of fused-ring (bicyclic) bond motifs is 1. The van der Waals surface area contributed by atoms with E-state index < -0.39 is 0 Å². The smallest absolute Gasteiger partial charge is 0.274 e. The molecule has 0 radical (unpaired) electrons. The summed E-state index contributed by atoms with van der Waals surface area (Å²) in [5.41, 5.74) is 0.241. The molecule has 0 spiro atoms. The van der Waals surface area contributed by atoms with Gasteiger partial charge in [0.2, 0.25) is 0 Å². The van der Waals surface area contributed by atoms with Gasteiger partial charge in [-0.05, 0) is 12.1 Å². The minimum absolute atomic E-state index is 0.175. The van der Waals surface area contributed by atoms with Gasteiger partial charge in [0.15, 0.2) is 11.6 Å². The fourth-order valence-corrected chi connectivity index (χ4v) is 1.66. The van der Waals surface area contributed by atoms with Crippen LogP contribution in [0.4, 0.5) is 0 Å². The minimum Gasteiger partial charge on any atom is -0.461 e. The predicted molar refractivity (Wildman–Crippen MR) is 60.9 cm³/mol. The van der Waals surface area contributed by atoms with Gasteiger partial charge in [0.1, 0.15) is 0 Å². The molecule has 3 aromatic heterocycles. The average Bonchev–Trinajstić information content (AvgIpc) is 2.96. The highest BCUT2D eigenvalue weighted by Crippen LogP contribution is 2.15. The zero-order valence-electron chi connectivity index (χ0n) is 8.55. The third-order valence-corrected chi connectivity index (χ3v) is 2.55. The Morgan fingerprint density at radius 3 is 3.06 bits per heavy atom. The van der Waals surface area contributed by atoms with Crippen LogP contribution in [0.25, 0.3) is 17.4 Å². The van der Waals surface area contributed by atoms with Crippen molar-refractivity contribution in [1.29, 1.82) is 0 Å². The van der Waals surface area contributed by atoms with Crippen LogP contribution in [-0.4, -0.2) is 19.6 Å². The number of nitrogens with zero attached hydrogens (tertiary/aromatic N) is 3. The molecule has 17 heavy (non-hydrogen) atoms. The van der Waals surface area contributed by atoms with E-state index in [4.69, 9.17) is 16.0 Å². The predicted octanol–water partition coefficient (Wildman–Crippen LogP) is 1.42. The molecule has 0 bridgehead atoms. The highest BCUT2D eigenvalue weighted by molar-refractivity contribution is 6.16. The monoisotopic (exact) mass is 250 g/mol. The van der Waals surface area contributed by atoms with E-state index in [0.717, 1.165) is 0 Å². The van der Waals surface area contributed by atoms with E-state index in [-0.39, 0.29) is 17.2 Å². The summed E-state index contributed by atoms with van der Waals surface area (Å²) in [6.07, 6.45) is 1.53. The van der Waals surface area contributed by atoms with Crippen molar-refractivity contribution in [1.82, 2.24) is 19.6 Å². The zero-order chi connectivity index (χ0) is 11.8. The van der Waals surface area contributed by atoms with Gasteiger partial charge in [-0.1, -0.05) is 0 Å². The number of alkyl halides is 1.